The Bertz CT molecular complexity index is 1180. The molecule has 2 aliphatic heterocycles. The van der Waals surface area contributed by atoms with Crippen molar-refractivity contribution in [2.75, 3.05) is 13.2 Å². The zero-order chi connectivity index (χ0) is 23.8. The second-order valence-corrected chi connectivity index (χ2v) is 9.90. The highest BCUT2D eigenvalue weighted by Crippen LogP contribution is 2.42. The van der Waals surface area contributed by atoms with Crippen LogP contribution in [0.15, 0.2) is 48.7 Å². The van der Waals surface area contributed by atoms with E-state index in [9.17, 15) is 0 Å². The topological polar surface area (TPSA) is 42.3 Å². The van der Waals surface area contributed by atoms with Gasteiger partial charge in [0.05, 0.1) is 29.6 Å². The number of pyridine rings is 1. The molecule has 5 nitrogen and oxygen atoms in total. The molecule has 0 bridgehead atoms. The van der Waals surface area contributed by atoms with Gasteiger partial charge in [0, 0.05) is 30.7 Å². The second kappa shape index (κ2) is 9.51. The summed E-state index contributed by atoms with van der Waals surface area (Å²) in [5.74, 6) is 0. The van der Waals surface area contributed by atoms with Crippen molar-refractivity contribution in [3.05, 3.63) is 82.4 Å². The van der Waals surface area contributed by atoms with Crippen LogP contribution >= 0.6 is 12.2 Å². The lowest BCUT2D eigenvalue weighted by Crippen LogP contribution is -2.36. The maximum Gasteiger partial charge on any atom is 0.170 e. The van der Waals surface area contributed by atoms with Crippen molar-refractivity contribution in [3.63, 3.8) is 0 Å². The van der Waals surface area contributed by atoms with Gasteiger partial charge in [-0.1, -0.05) is 31.2 Å². The molecule has 4 heterocycles. The van der Waals surface area contributed by atoms with Gasteiger partial charge in [0.1, 0.15) is 0 Å². The highest BCUT2D eigenvalue weighted by Gasteiger charge is 2.42. The smallest absolute Gasteiger partial charge is 0.170 e. The molecule has 2 saturated heterocycles. The van der Waals surface area contributed by atoms with Crippen LogP contribution in [0.5, 0.6) is 0 Å². The molecule has 2 aromatic heterocycles. The number of para-hydroxylation sites is 1. The van der Waals surface area contributed by atoms with Crippen LogP contribution < -0.4 is 5.32 Å². The summed E-state index contributed by atoms with van der Waals surface area (Å²) in [4.78, 5) is 7.05. The summed E-state index contributed by atoms with van der Waals surface area (Å²) >= 11 is 5.89. The predicted molar refractivity (Wildman–Crippen MR) is 140 cm³/mol. The van der Waals surface area contributed by atoms with Gasteiger partial charge in [0.15, 0.2) is 5.11 Å². The first-order valence-corrected chi connectivity index (χ1v) is 12.8. The van der Waals surface area contributed by atoms with Gasteiger partial charge in [-0.15, -0.1) is 0 Å². The molecule has 0 unspecified atom stereocenters. The first kappa shape index (κ1) is 23.1. The summed E-state index contributed by atoms with van der Waals surface area (Å²) in [5.41, 5.74) is 8.78. The summed E-state index contributed by atoms with van der Waals surface area (Å²) in [7, 11) is 0. The number of rotatable bonds is 6. The molecule has 1 N–H and O–H groups in total. The minimum absolute atomic E-state index is 0.00781. The fourth-order valence-electron chi connectivity index (χ4n) is 5.70. The number of thiocarbonyl (C=S) groups is 1. The van der Waals surface area contributed by atoms with Crippen molar-refractivity contribution in [2.45, 2.75) is 65.1 Å². The molecule has 5 rings (SSSR count). The Morgan fingerprint density at radius 2 is 2.00 bits per heavy atom. The Kier molecular flexibility index (Phi) is 6.45. The molecule has 2 aliphatic rings. The van der Waals surface area contributed by atoms with E-state index in [2.05, 4.69) is 78.9 Å². The van der Waals surface area contributed by atoms with E-state index < -0.39 is 0 Å². The monoisotopic (exact) mass is 474 g/mol. The molecule has 178 valence electrons. The molecular weight excluding hydrogens is 440 g/mol. The molecule has 3 aromatic rings. The van der Waals surface area contributed by atoms with E-state index in [1.807, 2.05) is 12.3 Å². The summed E-state index contributed by atoms with van der Waals surface area (Å²) in [5, 5.41) is 4.39. The molecule has 2 fully saturated rings. The number of aryl methyl sites for hydroxylation is 3. The largest absolute Gasteiger partial charge is 0.376 e. The molecule has 0 saturated carbocycles. The van der Waals surface area contributed by atoms with Gasteiger partial charge < -0.3 is 19.5 Å². The number of hydrogen-bond donors (Lipinski definition) is 1. The average molecular weight is 475 g/mol. The van der Waals surface area contributed by atoms with Gasteiger partial charge in [0.25, 0.3) is 0 Å². The molecule has 1 aromatic carbocycles. The Hall–Kier alpha value is -2.70. The van der Waals surface area contributed by atoms with E-state index in [-0.39, 0.29) is 18.2 Å². The van der Waals surface area contributed by atoms with Gasteiger partial charge in [0.2, 0.25) is 0 Å². The van der Waals surface area contributed by atoms with Crippen molar-refractivity contribution in [1.29, 1.82) is 0 Å². The fraction of sp³-hybridized carbons (Fsp3) is 0.429. The molecule has 0 radical (unpaired) electrons. The molecular formula is C28H34N4OS. The number of benzene rings is 1. The first-order chi connectivity index (χ1) is 16.5. The average Bonchev–Trinajstić information content (AvgIpc) is 3.54. The standard InChI is InChI=1S/C28H34N4OS/c1-5-21-11-8-10-18(2)26(21)32-19(3)16-23(20(32)4)27-25(24-13-6-7-14-29-24)30-28(34)31(27)17-22-12-9-15-33-22/h6-8,10-11,13-14,16,22,25,27H,5,9,12,15,17H2,1-4H3,(H,30,34)/t22-,25-,27-/m1/s1. The lowest BCUT2D eigenvalue weighted by Gasteiger charge is -2.30. The summed E-state index contributed by atoms with van der Waals surface area (Å²) in [6.07, 6.45) is 5.29. The van der Waals surface area contributed by atoms with E-state index in [0.29, 0.717) is 0 Å². The lowest BCUT2D eigenvalue weighted by molar-refractivity contribution is 0.0842. The maximum absolute atomic E-state index is 6.01. The molecule has 6 heteroatoms. The molecule has 0 amide bonds. The summed E-state index contributed by atoms with van der Waals surface area (Å²) < 4.78 is 8.45. The quantitative estimate of drug-likeness (QED) is 0.477. The van der Waals surface area contributed by atoms with Crippen molar-refractivity contribution >= 4 is 17.3 Å². The SMILES string of the molecule is CCc1cccc(C)c1-n1c(C)cc([C@@H]2[C@@H](c3ccccn3)NC(=S)N2C[C@H]2CCCO2)c1C. The van der Waals surface area contributed by atoms with Crippen LogP contribution in [0.4, 0.5) is 0 Å². The minimum Gasteiger partial charge on any atom is -0.376 e. The van der Waals surface area contributed by atoms with Crippen molar-refractivity contribution in [1.82, 2.24) is 19.8 Å². The highest BCUT2D eigenvalue weighted by atomic mass is 32.1. The Morgan fingerprint density at radius 1 is 1.15 bits per heavy atom. The van der Waals surface area contributed by atoms with Crippen LogP contribution in [0.1, 0.15) is 65.6 Å². The van der Waals surface area contributed by atoms with E-state index in [0.717, 1.165) is 43.2 Å². The number of aromatic nitrogens is 2. The summed E-state index contributed by atoms with van der Waals surface area (Å²) in [6.45, 7) is 10.5. The van der Waals surface area contributed by atoms with Gasteiger partial charge in [-0.3, -0.25) is 4.98 Å². The Labute approximate surface area is 208 Å². The lowest BCUT2D eigenvalue weighted by atomic mass is 9.96. The fourth-order valence-corrected chi connectivity index (χ4v) is 6.02. The van der Waals surface area contributed by atoms with Crippen molar-refractivity contribution < 1.29 is 4.74 Å². The van der Waals surface area contributed by atoms with Gasteiger partial charge in [-0.25, -0.2) is 0 Å². The van der Waals surface area contributed by atoms with Crippen LogP contribution in [-0.4, -0.2) is 38.8 Å². The normalized spacial score (nSPS) is 22.4. The third-order valence-electron chi connectivity index (χ3n) is 7.34. The number of nitrogens with one attached hydrogen (secondary N) is 1. The van der Waals surface area contributed by atoms with E-state index in [1.165, 1.54) is 33.8 Å². The van der Waals surface area contributed by atoms with Gasteiger partial charge in [-0.05, 0) is 87.1 Å². The third kappa shape index (κ3) is 4.03. The van der Waals surface area contributed by atoms with Gasteiger partial charge in [-0.2, -0.15) is 0 Å². The van der Waals surface area contributed by atoms with Crippen LogP contribution in [-0.2, 0) is 11.2 Å². The molecule has 3 atom stereocenters. The third-order valence-corrected chi connectivity index (χ3v) is 7.69. The van der Waals surface area contributed by atoms with E-state index in [4.69, 9.17) is 21.9 Å². The van der Waals surface area contributed by atoms with Gasteiger partial charge >= 0.3 is 0 Å². The highest BCUT2D eigenvalue weighted by molar-refractivity contribution is 7.80. The molecule has 34 heavy (non-hydrogen) atoms. The Balaban J connectivity index is 1.63. The van der Waals surface area contributed by atoms with E-state index >= 15 is 0 Å². The molecule has 0 spiro atoms. The van der Waals surface area contributed by atoms with E-state index in [1.54, 1.807) is 0 Å². The van der Waals surface area contributed by atoms with Crippen molar-refractivity contribution in [3.8, 4) is 5.69 Å². The van der Waals surface area contributed by atoms with Crippen molar-refractivity contribution in [2.24, 2.45) is 0 Å². The van der Waals surface area contributed by atoms with Crippen LogP contribution in [0.2, 0.25) is 0 Å². The zero-order valence-electron chi connectivity index (χ0n) is 20.5. The predicted octanol–water partition coefficient (Wildman–Crippen LogP) is 5.51. The number of ether oxygens (including phenoxy) is 1. The Morgan fingerprint density at radius 3 is 2.71 bits per heavy atom. The van der Waals surface area contributed by atoms with Crippen LogP contribution in [0.25, 0.3) is 5.69 Å². The second-order valence-electron chi connectivity index (χ2n) is 9.51. The zero-order valence-corrected chi connectivity index (χ0v) is 21.4. The minimum atomic E-state index is -0.00781. The van der Waals surface area contributed by atoms with Crippen LogP contribution in [0, 0.1) is 20.8 Å². The first-order valence-electron chi connectivity index (χ1n) is 12.4. The summed E-state index contributed by atoms with van der Waals surface area (Å²) in [6, 6.07) is 15.1. The number of hydrogen-bond acceptors (Lipinski definition) is 3. The maximum atomic E-state index is 6.01. The number of nitrogens with zero attached hydrogens (tertiary/aromatic N) is 3. The van der Waals surface area contributed by atoms with Crippen LogP contribution in [0.3, 0.4) is 0 Å². The molecule has 0 aliphatic carbocycles.